The fourth-order valence-electron chi connectivity index (χ4n) is 1.66. The molecule has 1 aromatic carbocycles. The van der Waals surface area contributed by atoms with Crippen LogP contribution >= 0.6 is 15.9 Å². The molecule has 0 saturated carbocycles. The standard InChI is InChI=1S/C11H17BrN2O2S/c1-8-9(4-3-5-10(8)12)11(14-13)6-7-17(2,15)16/h3-5,11,14H,6-7,13H2,1-2H3. The van der Waals surface area contributed by atoms with Gasteiger partial charge in [0.05, 0.1) is 5.75 Å². The van der Waals surface area contributed by atoms with Crippen molar-refractivity contribution in [3.8, 4) is 0 Å². The molecule has 0 saturated heterocycles. The average molecular weight is 321 g/mol. The number of hydrogen-bond acceptors (Lipinski definition) is 4. The summed E-state index contributed by atoms with van der Waals surface area (Å²) in [6, 6.07) is 5.66. The van der Waals surface area contributed by atoms with Crippen LogP contribution in [0.1, 0.15) is 23.6 Å². The van der Waals surface area contributed by atoms with Gasteiger partial charge in [-0.05, 0) is 30.5 Å². The zero-order valence-corrected chi connectivity index (χ0v) is 12.3. The summed E-state index contributed by atoms with van der Waals surface area (Å²) in [7, 11) is -2.97. The lowest BCUT2D eigenvalue weighted by Crippen LogP contribution is -2.30. The predicted molar refractivity (Wildman–Crippen MR) is 73.3 cm³/mol. The Morgan fingerprint density at radius 2 is 2.12 bits per heavy atom. The third-order valence-corrected chi connectivity index (χ3v) is 4.50. The Kier molecular flexibility index (Phi) is 5.12. The maximum absolute atomic E-state index is 11.2. The summed E-state index contributed by atoms with van der Waals surface area (Å²) < 4.78 is 23.3. The molecular weight excluding hydrogens is 304 g/mol. The highest BCUT2D eigenvalue weighted by atomic mass is 79.9. The van der Waals surface area contributed by atoms with Crippen molar-refractivity contribution in [3.05, 3.63) is 33.8 Å². The maximum atomic E-state index is 11.2. The minimum atomic E-state index is -2.97. The number of halogens is 1. The number of nitrogens with one attached hydrogen (secondary N) is 1. The summed E-state index contributed by atoms with van der Waals surface area (Å²) in [4.78, 5) is 0. The van der Waals surface area contributed by atoms with Gasteiger partial charge in [0.25, 0.3) is 0 Å². The van der Waals surface area contributed by atoms with Gasteiger partial charge in [-0.2, -0.15) is 0 Å². The predicted octanol–water partition coefficient (Wildman–Crippen LogP) is 1.70. The van der Waals surface area contributed by atoms with Crippen molar-refractivity contribution in [1.29, 1.82) is 0 Å². The zero-order chi connectivity index (χ0) is 13.1. The van der Waals surface area contributed by atoms with Crippen LogP contribution < -0.4 is 11.3 Å². The molecule has 1 unspecified atom stereocenters. The minimum Gasteiger partial charge on any atom is -0.271 e. The van der Waals surface area contributed by atoms with Crippen molar-refractivity contribution in [2.75, 3.05) is 12.0 Å². The average Bonchev–Trinajstić information content (AvgIpc) is 2.23. The first-order valence-electron chi connectivity index (χ1n) is 5.24. The molecule has 0 aliphatic carbocycles. The number of hydrazine groups is 1. The van der Waals surface area contributed by atoms with Gasteiger partial charge in [0, 0.05) is 16.8 Å². The van der Waals surface area contributed by atoms with Gasteiger partial charge < -0.3 is 0 Å². The van der Waals surface area contributed by atoms with Gasteiger partial charge in [0.2, 0.25) is 0 Å². The number of sulfone groups is 1. The SMILES string of the molecule is Cc1c(Br)cccc1C(CCS(C)(=O)=O)NN. The number of hydrogen-bond donors (Lipinski definition) is 2. The van der Waals surface area contributed by atoms with Crippen LogP contribution in [0.5, 0.6) is 0 Å². The van der Waals surface area contributed by atoms with Crippen molar-refractivity contribution in [2.24, 2.45) is 5.84 Å². The molecule has 1 atom stereocenters. The molecule has 4 nitrogen and oxygen atoms in total. The van der Waals surface area contributed by atoms with Gasteiger partial charge in [-0.1, -0.05) is 28.1 Å². The van der Waals surface area contributed by atoms with Crippen LogP contribution in [0.3, 0.4) is 0 Å². The van der Waals surface area contributed by atoms with E-state index in [0.717, 1.165) is 15.6 Å². The van der Waals surface area contributed by atoms with E-state index in [9.17, 15) is 8.42 Å². The first kappa shape index (κ1) is 14.6. The van der Waals surface area contributed by atoms with Crippen molar-refractivity contribution in [1.82, 2.24) is 5.43 Å². The van der Waals surface area contributed by atoms with Gasteiger partial charge in [-0.3, -0.25) is 11.3 Å². The highest BCUT2D eigenvalue weighted by Crippen LogP contribution is 2.26. The Balaban J connectivity index is 2.90. The number of rotatable bonds is 5. The summed E-state index contributed by atoms with van der Waals surface area (Å²) in [6.07, 6.45) is 1.70. The minimum absolute atomic E-state index is 0.119. The van der Waals surface area contributed by atoms with E-state index in [2.05, 4.69) is 21.4 Å². The Hall–Kier alpha value is -0.430. The lowest BCUT2D eigenvalue weighted by molar-refractivity contribution is 0.529. The quantitative estimate of drug-likeness (QED) is 0.639. The second kappa shape index (κ2) is 5.95. The first-order chi connectivity index (χ1) is 7.85. The van der Waals surface area contributed by atoms with Crippen LogP contribution in [0.4, 0.5) is 0 Å². The lowest BCUT2D eigenvalue weighted by atomic mass is 10.00. The van der Waals surface area contributed by atoms with Crippen LogP contribution in [0.2, 0.25) is 0 Å². The molecule has 0 aromatic heterocycles. The molecule has 17 heavy (non-hydrogen) atoms. The summed E-state index contributed by atoms with van der Waals surface area (Å²) in [5, 5.41) is 0. The van der Waals surface area contributed by atoms with Crippen LogP contribution in [0, 0.1) is 6.92 Å². The molecule has 6 heteroatoms. The van der Waals surface area contributed by atoms with E-state index in [0.29, 0.717) is 6.42 Å². The Labute approximate surface area is 111 Å². The van der Waals surface area contributed by atoms with Crippen LogP contribution in [-0.4, -0.2) is 20.4 Å². The highest BCUT2D eigenvalue weighted by Gasteiger charge is 2.15. The van der Waals surface area contributed by atoms with E-state index >= 15 is 0 Å². The van der Waals surface area contributed by atoms with E-state index < -0.39 is 9.84 Å². The molecule has 0 amide bonds. The maximum Gasteiger partial charge on any atom is 0.147 e. The van der Waals surface area contributed by atoms with Crippen LogP contribution in [-0.2, 0) is 9.84 Å². The molecular formula is C11H17BrN2O2S. The normalized spacial score (nSPS) is 13.6. The lowest BCUT2D eigenvalue weighted by Gasteiger charge is -2.18. The van der Waals surface area contributed by atoms with Crippen molar-refractivity contribution >= 4 is 25.8 Å². The van der Waals surface area contributed by atoms with Crippen molar-refractivity contribution < 1.29 is 8.42 Å². The Morgan fingerprint density at radius 3 is 2.65 bits per heavy atom. The van der Waals surface area contributed by atoms with Gasteiger partial charge in [-0.25, -0.2) is 8.42 Å². The molecule has 0 aliphatic heterocycles. The van der Waals surface area contributed by atoms with Gasteiger partial charge in [0.1, 0.15) is 9.84 Å². The Morgan fingerprint density at radius 1 is 1.47 bits per heavy atom. The molecule has 1 rings (SSSR count). The van der Waals surface area contributed by atoms with E-state index in [4.69, 9.17) is 5.84 Å². The number of nitrogens with two attached hydrogens (primary N) is 1. The highest BCUT2D eigenvalue weighted by molar-refractivity contribution is 9.10. The summed E-state index contributed by atoms with van der Waals surface area (Å²) in [6.45, 7) is 1.98. The molecule has 0 spiro atoms. The third kappa shape index (κ3) is 4.39. The molecule has 96 valence electrons. The molecule has 0 fully saturated rings. The van der Waals surface area contributed by atoms with Gasteiger partial charge >= 0.3 is 0 Å². The number of benzene rings is 1. The topological polar surface area (TPSA) is 72.2 Å². The Bertz CT molecular complexity index is 488. The molecule has 0 bridgehead atoms. The second-order valence-corrected chi connectivity index (χ2v) is 7.21. The molecule has 1 aromatic rings. The monoisotopic (exact) mass is 320 g/mol. The largest absolute Gasteiger partial charge is 0.271 e. The molecule has 3 N–H and O–H groups in total. The summed E-state index contributed by atoms with van der Waals surface area (Å²) in [5.74, 6) is 5.61. The molecule has 0 radical (unpaired) electrons. The molecule has 0 aliphatic rings. The van der Waals surface area contributed by atoms with Crippen molar-refractivity contribution in [3.63, 3.8) is 0 Å². The van der Waals surface area contributed by atoms with Crippen molar-refractivity contribution in [2.45, 2.75) is 19.4 Å². The van der Waals surface area contributed by atoms with E-state index in [1.165, 1.54) is 6.26 Å². The van der Waals surface area contributed by atoms with E-state index in [1.807, 2.05) is 25.1 Å². The van der Waals surface area contributed by atoms with Gasteiger partial charge in [0.15, 0.2) is 0 Å². The van der Waals surface area contributed by atoms with Crippen LogP contribution in [0.15, 0.2) is 22.7 Å². The fourth-order valence-corrected chi connectivity index (χ4v) is 2.71. The van der Waals surface area contributed by atoms with E-state index in [1.54, 1.807) is 0 Å². The van der Waals surface area contributed by atoms with Gasteiger partial charge in [-0.15, -0.1) is 0 Å². The fraction of sp³-hybridized carbons (Fsp3) is 0.455. The smallest absolute Gasteiger partial charge is 0.147 e. The summed E-state index contributed by atoms with van der Waals surface area (Å²) >= 11 is 3.45. The molecule has 0 heterocycles. The zero-order valence-electron chi connectivity index (χ0n) is 9.90. The summed E-state index contributed by atoms with van der Waals surface area (Å²) in [5.41, 5.74) is 4.77. The first-order valence-corrected chi connectivity index (χ1v) is 8.09. The third-order valence-electron chi connectivity index (χ3n) is 2.66. The van der Waals surface area contributed by atoms with Crippen LogP contribution in [0.25, 0.3) is 0 Å². The second-order valence-electron chi connectivity index (χ2n) is 4.09. The van der Waals surface area contributed by atoms with E-state index in [-0.39, 0.29) is 11.8 Å².